The molecule has 5 fully saturated rings. The molecule has 5 aliphatic rings. The third-order valence-electron chi connectivity index (χ3n) is 11.4. The molecule has 30 heavy (non-hydrogen) atoms. The van der Waals surface area contributed by atoms with E-state index in [0.717, 1.165) is 48.9 Å². The first-order chi connectivity index (χ1) is 14.1. The van der Waals surface area contributed by atoms with E-state index in [9.17, 15) is 10.2 Å². The van der Waals surface area contributed by atoms with Gasteiger partial charge in [0.1, 0.15) is 11.7 Å². The number of aliphatic hydroxyl groups is 2. The Kier molecular flexibility index (Phi) is 5.20. The highest BCUT2D eigenvalue weighted by atomic mass is 16.6. The summed E-state index contributed by atoms with van der Waals surface area (Å²) >= 11 is 0. The highest BCUT2D eigenvalue weighted by Crippen LogP contribution is 2.74. The molecule has 1 spiro atoms. The smallest absolute Gasteiger partial charge is 0.129 e. The molecule has 0 unspecified atom stereocenters. The van der Waals surface area contributed by atoms with Crippen molar-refractivity contribution in [3.8, 4) is 0 Å². The predicted octanol–water partition coefficient (Wildman–Crippen LogP) is 5.57. The Morgan fingerprint density at radius 3 is 2.43 bits per heavy atom. The van der Waals surface area contributed by atoms with Gasteiger partial charge in [-0.2, -0.15) is 0 Å². The Bertz CT molecular complexity index is 662. The summed E-state index contributed by atoms with van der Waals surface area (Å²) in [6, 6.07) is 0. The Labute approximate surface area is 184 Å². The van der Waals surface area contributed by atoms with Gasteiger partial charge in [-0.1, -0.05) is 53.9 Å². The molecule has 2 N–H and O–H groups in total. The fourth-order valence-corrected chi connectivity index (χ4v) is 9.77. The SMILES string of the molecule is CC(C)CCC[C@@H](C)[C@H]1CC[C@H]2[C@@H]3C[C@H]4O[C@]45[C@@H](O)[C@@H](O)CC[C@]5(C)[C@H]3CC[C@]12C. The predicted molar refractivity (Wildman–Crippen MR) is 120 cm³/mol. The highest BCUT2D eigenvalue weighted by molar-refractivity contribution is 5.27. The fourth-order valence-electron chi connectivity index (χ4n) is 9.77. The minimum Gasteiger partial charge on any atom is -0.390 e. The molecule has 1 aliphatic heterocycles. The average Bonchev–Trinajstić information content (AvgIpc) is 3.31. The van der Waals surface area contributed by atoms with Gasteiger partial charge in [0.25, 0.3) is 0 Å². The Morgan fingerprint density at radius 2 is 1.70 bits per heavy atom. The summed E-state index contributed by atoms with van der Waals surface area (Å²) in [4.78, 5) is 0. The second-order valence-corrected chi connectivity index (χ2v) is 13.0. The summed E-state index contributed by atoms with van der Waals surface area (Å²) in [5.74, 6) is 4.80. The van der Waals surface area contributed by atoms with E-state index in [0.29, 0.717) is 11.3 Å². The lowest BCUT2D eigenvalue weighted by Crippen LogP contribution is -2.64. The van der Waals surface area contributed by atoms with Crippen LogP contribution in [0.15, 0.2) is 0 Å². The largest absolute Gasteiger partial charge is 0.390 e. The van der Waals surface area contributed by atoms with Crippen molar-refractivity contribution < 1.29 is 14.9 Å². The van der Waals surface area contributed by atoms with E-state index in [-0.39, 0.29) is 11.5 Å². The molecule has 5 rings (SSSR count). The fraction of sp³-hybridized carbons (Fsp3) is 1.00. The third kappa shape index (κ3) is 2.80. The zero-order valence-corrected chi connectivity index (χ0v) is 20.1. The lowest BCUT2D eigenvalue weighted by atomic mass is 9.44. The van der Waals surface area contributed by atoms with Gasteiger partial charge in [0.05, 0.1) is 12.2 Å². The van der Waals surface area contributed by atoms with Crippen LogP contribution in [-0.4, -0.2) is 34.1 Å². The van der Waals surface area contributed by atoms with Crippen LogP contribution >= 0.6 is 0 Å². The van der Waals surface area contributed by atoms with E-state index >= 15 is 0 Å². The molecule has 3 heteroatoms. The molecule has 11 atom stereocenters. The molecule has 0 aromatic carbocycles. The second-order valence-electron chi connectivity index (χ2n) is 13.0. The summed E-state index contributed by atoms with van der Waals surface area (Å²) in [7, 11) is 0. The van der Waals surface area contributed by atoms with Crippen LogP contribution in [0.3, 0.4) is 0 Å². The highest BCUT2D eigenvalue weighted by Gasteiger charge is 2.79. The van der Waals surface area contributed by atoms with Crippen molar-refractivity contribution in [3.05, 3.63) is 0 Å². The van der Waals surface area contributed by atoms with Gasteiger partial charge < -0.3 is 14.9 Å². The number of hydrogen-bond acceptors (Lipinski definition) is 3. The molecule has 0 amide bonds. The number of rotatable bonds is 5. The zero-order valence-electron chi connectivity index (χ0n) is 20.1. The van der Waals surface area contributed by atoms with Crippen LogP contribution < -0.4 is 0 Å². The zero-order chi connectivity index (χ0) is 21.5. The van der Waals surface area contributed by atoms with Gasteiger partial charge in [-0.05, 0) is 85.9 Å². The molecule has 0 bridgehead atoms. The van der Waals surface area contributed by atoms with E-state index in [4.69, 9.17) is 4.74 Å². The van der Waals surface area contributed by atoms with E-state index in [2.05, 4.69) is 34.6 Å². The molecule has 1 saturated heterocycles. The van der Waals surface area contributed by atoms with Crippen LogP contribution in [0.25, 0.3) is 0 Å². The Balaban J connectivity index is 1.35. The molecule has 0 radical (unpaired) electrons. The van der Waals surface area contributed by atoms with Crippen LogP contribution in [0, 0.1) is 46.3 Å². The third-order valence-corrected chi connectivity index (χ3v) is 11.4. The summed E-state index contributed by atoms with van der Waals surface area (Å²) in [6.07, 6.45) is 11.4. The maximum Gasteiger partial charge on any atom is 0.129 e. The van der Waals surface area contributed by atoms with Crippen molar-refractivity contribution in [3.63, 3.8) is 0 Å². The first kappa shape index (κ1) is 21.7. The first-order valence-electron chi connectivity index (χ1n) is 13.2. The van der Waals surface area contributed by atoms with E-state index in [1.165, 1.54) is 44.9 Å². The quantitative estimate of drug-likeness (QED) is 0.574. The maximum absolute atomic E-state index is 10.9. The van der Waals surface area contributed by atoms with Crippen LogP contribution in [0.2, 0.25) is 0 Å². The van der Waals surface area contributed by atoms with Gasteiger partial charge in [-0.15, -0.1) is 0 Å². The van der Waals surface area contributed by atoms with Crippen LogP contribution in [0.5, 0.6) is 0 Å². The first-order valence-corrected chi connectivity index (χ1v) is 13.2. The maximum atomic E-state index is 10.9. The van der Waals surface area contributed by atoms with Crippen LogP contribution in [-0.2, 0) is 4.74 Å². The average molecular weight is 419 g/mol. The Morgan fingerprint density at radius 1 is 0.933 bits per heavy atom. The Hall–Kier alpha value is -0.120. The summed E-state index contributed by atoms with van der Waals surface area (Å²) in [5, 5.41) is 21.3. The molecular weight excluding hydrogens is 372 g/mol. The summed E-state index contributed by atoms with van der Waals surface area (Å²) < 4.78 is 6.37. The number of ether oxygens (including phenoxy) is 1. The number of aliphatic hydroxyl groups excluding tert-OH is 2. The molecule has 0 aromatic heterocycles. The molecule has 3 nitrogen and oxygen atoms in total. The van der Waals surface area contributed by atoms with Crippen molar-refractivity contribution in [1.29, 1.82) is 0 Å². The second kappa shape index (κ2) is 7.19. The molecule has 0 aromatic rings. The summed E-state index contributed by atoms with van der Waals surface area (Å²) in [6.45, 7) is 12.3. The van der Waals surface area contributed by atoms with E-state index in [1.54, 1.807) is 0 Å². The van der Waals surface area contributed by atoms with Gasteiger partial charge in [-0.25, -0.2) is 0 Å². The standard InChI is InChI=1S/C27H46O3/c1-16(2)7-6-8-17(3)19-9-10-20-18-15-23-27(30-23)24(29)22(28)12-14-26(27,5)21(18)11-13-25(19,20)4/h16-24,28-29H,6-15H2,1-5H3/t17-,18+,19-,20+,21+,22+,23-,24+,25-,26-,27+/m1/s1. The topological polar surface area (TPSA) is 53.0 Å². The van der Waals surface area contributed by atoms with Gasteiger partial charge >= 0.3 is 0 Å². The lowest BCUT2D eigenvalue weighted by Gasteiger charge is -2.60. The van der Waals surface area contributed by atoms with Gasteiger partial charge in [0.2, 0.25) is 0 Å². The van der Waals surface area contributed by atoms with E-state index in [1.807, 2.05) is 0 Å². The molecular formula is C27H46O3. The molecule has 1 heterocycles. The van der Waals surface area contributed by atoms with Crippen LogP contribution in [0.4, 0.5) is 0 Å². The van der Waals surface area contributed by atoms with Crippen LogP contribution in [0.1, 0.15) is 98.8 Å². The monoisotopic (exact) mass is 418 g/mol. The number of hydrogen-bond donors (Lipinski definition) is 2. The minimum atomic E-state index is -0.687. The number of epoxide rings is 1. The van der Waals surface area contributed by atoms with Gasteiger partial charge in [-0.3, -0.25) is 0 Å². The van der Waals surface area contributed by atoms with E-state index < -0.39 is 17.8 Å². The number of fused-ring (bicyclic) bond motifs is 4. The van der Waals surface area contributed by atoms with Crippen molar-refractivity contribution >= 4 is 0 Å². The van der Waals surface area contributed by atoms with Crippen molar-refractivity contribution in [1.82, 2.24) is 0 Å². The molecule has 4 saturated carbocycles. The normalized spacial score (nSPS) is 55.4. The molecule has 172 valence electrons. The lowest BCUT2D eigenvalue weighted by molar-refractivity contribution is -0.166. The van der Waals surface area contributed by atoms with Crippen molar-refractivity contribution in [2.45, 2.75) is 123 Å². The van der Waals surface area contributed by atoms with Gasteiger partial charge in [0, 0.05) is 5.41 Å². The van der Waals surface area contributed by atoms with Crippen molar-refractivity contribution in [2.24, 2.45) is 46.3 Å². The van der Waals surface area contributed by atoms with Gasteiger partial charge in [0.15, 0.2) is 0 Å². The minimum absolute atomic E-state index is 0.0432. The van der Waals surface area contributed by atoms with Crippen molar-refractivity contribution in [2.75, 3.05) is 0 Å². The summed E-state index contributed by atoms with van der Waals surface area (Å²) in [5.41, 5.74) is 0.0969. The molecule has 4 aliphatic carbocycles.